The molecule has 2 aromatic heterocycles. The van der Waals surface area contributed by atoms with Crippen LogP contribution >= 0.6 is 0 Å². The van der Waals surface area contributed by atoms with Crippen LogP contribution in [0.3, 0.4) is 0 Å². The van der Waals surface area contributed by atoms with E-state index in [0.717, 1.165) is 0 Å². The van der Waals surface area contributed by atoms with E-state index in [9.17, 15) is 4.79 Å². The van der Waals surface area contributed by atoms with E-state index in [1.165, 1.54) is 7.11 Å². The zero-order valence-corrected chi connectivity index (χ0v) is 10.1. The number of ether oxygens (including phenoxy) is 1. The summed E-state index contributed by atoms with van der Waals surface area (Å²) < 4.78 is 4.84. The van der Waals surface area contributed by atoms with E-state index >= 15 is 0 Å². The SMILES string of the molecule is COc1nnc2[nH]c(C(=O)C(C)(C)C)nc2n1. The predicted octanol–water partition coefficient (Wildman–Crippen LogP) is 0.985. The molecule has 0 spiro atoms. The third-order valence-corrected chi connectivity index (χ3v) is 2.18. The van der Waals surface area contributed by atoms with E-state index in [-0.39, 0.29) is 17.6 Å². The number of imidazole rings is 1. The lowest BCUT2D eigenvalue weighted by Crippen LogP contribution is -2.21. The molecule has 7 heteroatoms. The summed E-state index contributed by atoms with van der Waals surface area (Å²) in [5.74, 6) is 0.138. The Labute approximate surface area is 97.6 Å². The molecule has 2 rings (SSSR count). The van der Waals surface area contributed by atoms with Gasteiger partial charge >= 0.3 is 6.01 Å². The number of hydrogen-bond acceptors (Lipinski definition) is 6. The Balaban J connectivity index is 2.48. The summed E-state index contributed by atoms with van der Waals surface area (Å²) in [5.41, 5.74) is 0.189. The molecular formula is C10H13N5O2. The smallest absolute Gasteiger partial charge is 0.337 e. The Bertz CT molecular complexity index is 570. The van der Waals surface area contributed by atoms with Gasteiger partial charge in [-0.25, -0.2) is 4.98 Å². The van der Waals surface area contributed by atoms with E-state index in [4.69, 9.17) is 4.74 Å². The van der Waals surface area contributed by atoms with Crippen molar-refractivity contribution in [3.8, 4) is 6.01 Å². The summed E-state index contributed by atoms with van der Waals surface area (Å²) in [7, 11) is 1.44. The largest absolute Gasteiger partial charge is 0.466 e. The van der Waals surface area contributed by atoms with Gasteiger partial charge in [0.2, 0.25) is 11.4 Å². The number of hydrogen-bond donors (Lipinski definition) is 1. The number of nitrogens with one attached hydrogen (secondary N) is 1. The van der Waals surface area contributed by atoms with Gasteiger partial charge in [-0.1, -0.05) is 25.9 Å². The van der Waals surface area contributed by atoms with Crippen LogP contribution in [0.25, 0.3) is 11.3 Å². The van der Waals surface area contributed by atoms with Crippen molar-refractivity contribution < 1.29 is 9.53 Å². The lowest BCUT2D eigenvalue weighted by molar-refractivity contribution is 0.0848. The maximum Gasteiger partial charge on any atom is 0.337 e. The lowest BCUT2D eigenvalue weighted by Gasteiger charge is -2.13. The monoisotopic (exact) mass is 235 g/mol. The van der Waals surface area contributed by atoms with Crippen molar-refractivity contribution in [3.63, 3.8) is 0 Å². The highest BCUT2D eigenvalue weighted by Crippen LogP contribution is 2.20. The molecule has 0 saturated carbocycles. The average molecular weight is 235 g/mol. The van der Waals surface area contributed by atoms with Crippen LogP contribution in [0.15, 0.2) is 0 Å². The lowest BCUT2D eigenvalue weighted by atomic mass is 9.90. The Morgan fingerprint density at radius 3 is 2.53 bits per heavy atom. The van der Waals surface area contributed by atoms with Crippen molar-refractivity contribution in [2.24, 2.45) is 5.41 Å². The average Bonchev–Trinajstić information content (AvgIpc) is 2.68. The molecule has 0 saturated heterocycles. The number of ketones is 1. The fourth-order valence-electron chi connectivity index (χ4n) is 1.26. The number of aromatic amines is 1. The van der Waals surface area contributed by atoms with Gasteiger partial charge < -0.3 is 9.72 Å². The van der Waals surface area contributed by atoms with Crippen molar-refractivity contribution in [3.05, 3.63) is 5.82 Å². The molecule has 0 bridgehead atoms. The zero-order chi connectivity index (χ0) is 12.6. The van der Waals surface area contributed by atoms with Gasteiger partial charge in [0.1, 0.15) is 0 Å². The second-order valence-electron chi connectivity index (χ2n) is 4.64. The summed E-state index contributed by atoms with van der Waals surface area (Å²) in [5, 5.41) is 7.52. The zero-order valence-electron chi connectivity index (χ0n) is 10.1. The Hall–Kier alpha value is -2.05. The maximum atomic E-state index is 12.0. The first-order chi connectivity index (χ1) is 7.91. The number of rotatable bonds is 2. The van der Waals surface area contributed by atoms with Crippen molar-refractivity contribution in [2.75, 3.05) is 7.11 Å². The summed E-state index contributed by atoms with van der Waals surface area (Å²) in [4.78, 5) is 22.9. The van der Waals surface area contributed by atoms with E-state index in [1.54, 1.807) is 0 Å². The third kappa shape index (κ3) is 2.08. The fraction of sp³-hybridized carbons (Fsp3) is 0.500. The molecule has 90 valence electrons. The maximum absolute atomic E-state index is 12.0. The van der Waals surface area contributed by atoms with Gasteiger partial charge in [-0.3, -0.25) is 4.79 Å². The van der Waals surface area contributed by atoms with Crippen LogP contribution < -0.4 is 4.74 Å². The molecule has 0 aliphatic carbocycles. The molecule has 0 aromatic carbocycles. The molecule has 0 aliphatic heterocycles. The molecule has 7 nitrogen and oxygen atoms in total. The van der Waals surface area contributed by atoms with Gasteiger partial charge in [-0.2, -0.15) is 4.98 Å². The van der Waals surface area contributed by atoms with E-state index in [1.807, 2.05) is 20.8 Å². The third-order valence-electron chi connectivity index (χ3n) is 2.18. The molecule has 1 N–H and O–H groups in total. The van der Waals surface area contributed by atoms with Gasteiger partial charge in [0.05, 0.1) is 7.11 Å². The van der Waals surface area contributed by atoms with Gasteiger partial charge in [0.25, 0.3) is 0 Å². The first-order valence-corrected chi connectivity index (χ1v) is 5.11. The van der Waals surface area contributed by atoms with Crippen LogP contribution in [0.4, 0.5) is 0 Å². The number of nitrogens with zero attached hydrogens (tertiary/aromatic N) is 4. The van der Waals surface area contributed by atoms with Crippen LogP contribution in [0.5, 0.6) is 6.01 Å². The molecular weight excluding hydrogens is 222 g/mol. The minimum Gasteiger partial charge on any atom is -0.466 e. The van der Waals surface area contributed by atoms with Gasteiger partial charge in [-0.15, -0.1) is 5.10 Å². The first-order valence-electron chi connectivity index (χ1n) is 5.11. The number of methoxy groups -OCH3 is 1. The summed E-state index contributed by atoms with van der Waals surface area (Å²) >= 11 is 0. The van der Waals surface area contributed by atoms with Crippen LogP contribution in [-0.4, -0.2) is 38.0 Å². The number of carbonyl (C=O) groups is 1. The minimum absolute atomic E-state index is 0.101. The van der Waals surface area contributed by atoms with Crippen molar-refractivity contribution in [1.29, 1.82) is 0 Å². The van der Waals surface area contributed by atoms with E-state index in [0.29, 0.717) is 11.3 Å². The summed E-state index contributed by atoms with van der Waals surface area (Å²) in [6.07, 6.45) is 0. The standard InChI is InChI=1S/C10H13N5O2/c1-10(2,3)5(16)6-11-7-8(12-6)14-15-9(13-7)17-4/h1-4H3,(H,11,12,13,14,15). The number of fused-ring (bicyclic) bond motifs is 1. The van der Waals surface area contributed by atoms with Gasteiger partial charge in [-0.05, 0) is 0 Å². The summed E-state index contributed by atoms with van der Waals surface area (Å²) in [6.45, 7) is 5.46. The normalized spacial score (nSPS) is 11.8. The van der Waals surface area contributed by atoms with Gasteiger partial charge in [0.15, 0.2) is 11.5 Å². The van der Waals surface area contributed by atoms with Crippen LogP contribution in [0.1, 0.15) is 31.4 Å². The van der Waals surface area contributed by atoms with Crippen LogP contribution in [0.2, 0.25) is 0 Å². The second kappa shape index (κ2) is 3.76. The number of Topliss-reactive ketones (excluding diaryl/α,β-unsaturated/α-hetero) is 1. The molecule has 0 unspecified atom stereocenters. The van der Waals surface area contributed by atoms with Crippen molar-refractivity contribution in [1.82, 2.24) is 25.1 Å². The first kappa shape index (κ1) is 11.4. The quantitative estimate of drug-likeness (QED) is 0.780. The highest BCUT2D eigenvalue weighted by Gasteiger charge is 2.26. The van der Waals surface area contributed by atoms with E-state index < -0.39 is 5.41 Å². The Morgan fingerprint density at radius 2 is 1.94 bits per heavy atom. The molecule has 0 atom stereocenters. The Morgan fingerprint density at radius 1 is 1.24 bits per heavy atom. The molecule has 0 radical (unpaired) electrons. The number of aromatic nitrogens is 5. The molecule has 17 heavy (non-hydrogen) atoms. The van der Waals surface area contributed by atoms with Crippen molar-refractivity contribution in [2.45, 2.75) is 20.8 Å². The second-order valence-corrected chi connectivity index (χ2v) is 4.64. The molecule has 0 aliphatic rings. The number of H-pyrrole nitrogens is 1. The predicted molar refractivity (Wildman–Crippen MR) is 59.8 cm³/mol. The summed E-state index contributed by atoms with van der Waals surface area (Å²) in [6, 6.07) is 0.124. The molecule has 0 amide bonds. The topological polar surface area (TPSA) is 93.7 Å². The van der Waals surface area contributed by atoms with Gasteiger partial charge in [0, 0.05) is 5.41 Å². The number of carbonyl (C=O) groups excluding carboxylic acids is 1. The molecule has 2 heterocycles. The van der Waals surface area contributed by atoms with E-state index in [2.05, 4.69) is 25.1 Å². The highest BCUT2D eigenvalue weighted by molar-refractivity contribution is 5.98. The van der Waals surface area contributed by atoms with Crippen LogP contribution in [0, 0.1) is 5.41 Å². The van der Waals surface area contributed by atoms with Crippen molar-refractivity contribution >= 4 is 17.1 Å². The fourth-order valence-corrected chi connectivity index (χ4v) is 1.26. The highest BCUT2D eigenvalue weighted by atomic mass is 16.5. The molecule has 0 fully saturated rings. The molecule has 2 aromatic rings. The minimum atomic E-state index is -0.509. The Kier molecular flexibility index (Phi) is 2.53. The van der Waals surface area contributed by atoms with Crippen LogP contribution in [-0.2, 0) is 0 Å².